The topological polar surface area (TPSA) is 62.5 Å². The Morgan fingerprint density at radius 3 is 2.70 bits per heavy atom. The van der Waals surface area contributed by atoms with Crippen molar-refractivity contribution in [3.8, 4) is 0 Å². The number of carbonyl (C=O) groups is 1. The third-order valence-electron chi connectivity index (χ3n) is 3.57. The molecule has 4 nitrogen and oxygen atoms in total. The molecule has 0 amide bonds. The number of hydrogen-bond acceptors (Lipinski definition) is 2. The van der Waals surface area contributed by atoms with Crippen LogP contribution in [-0.4, -0.2) is 27.4 Å². The lowest BCUT2D eigenvalue weighted by atomic mass is 10.0. The molecule has 1 aromatic heterocycles. The molecule has 20 heavy (non-hydrogen) atoms. The van der Waals surface area contributed by atoms with Crippen LogP contribution >= 0.6 is 0 Å². The predicted octanol–water partition coefficient (Wildman–Crippen LogP) is 2.98. The lowest BCUT2D eigenvalue weighted by molar-refractivity contribution is 0.0698. The number of carboxylic acids is 1. The van der Waals surface area contributed by atoms with E-state index in [1.54, 1.807) is 6.07 Å². The van der Waals surface area contributed by atoms with Gasteiger partial charge in [0.15, 0.2) is 0 Å². The van der Waals surface area contributed by atoms with Gasteiger partial charge in [0.05, 0.1) is 17.7 Å². The standard InChI is InChI=1S/C16H21NO3/c1-3-4-5-12-10-17(6-7-18)15-13(12)8-11(2)9-14(15)16(19)20/h8-10,18H,3-7H2,1-2H3,(H,19,20). The number of aromatic nitrogens is 1. The lowest BCUT2D eigenvalue weighted by Gasteiger charge is -2.07. The molecule has 0 radical (unpaired) electrons. The first-order valence-electron chi connectivity index (χ1n) is 7.05. The number of benzene rings is 1. The zero-order valence-corrected chi connectivity index (χ0v) is 12.0. The summed E-state index contributed by atoms with van der Waals surface area (Å²) in [6.07, 6.45) is 5.11. The van der Waals surface area contributed by atoms with Crippen LogP contribution in [-0.2, 0) is 13.0 Å². The summed E-state index contributed by atoms with van der Waals surface area (Å²) in [6, 6.07) is 3.74. The molecule has 2 aromatic rings. The van der Waals surface area contributed by atoms with Crippen LogP contribution in [0.15, 0.2) is 18.3 Å². The van der Waals surface area contributed by atoms with Crippen LogP contribution in [0.1, 0.15) is 41.3 Å². The number of aliphatic hydroxyl groups is 1. The summed E-state index contributed by atoms with van der Waals surface area (Å²) >= 11 is 0. The molecule has 0 spiro atoms. The second-order valence-electron chi connectivity index (χ2n) is 5.19. The van der Waals surface area contributed by atoms with Crippen molar-refractivity contribution >= 4 is 16.9 Å². The number of carboxylic acid groups (broad SMARTS) is 1. The van der Waals surface area contributed by atoms with Crippen molar-refractivity contribution in [3.63, 3.8) is 0 Å². The van der Waals surface area contributed by atoms with Crippen molar-refractivity contribution in [1.82, 2.24) is 4.57 Å². The van der Waals surface area contributed by atoms with E-state index in [0.717, 1.165) is 35.7 Å². The van der Waals surface area contributed by atoms with Crippen LogP contribution in [0.25, 0.3) is 10.9 Å². The zero-order valence-electron chi connectivity index (χ0n) is 12.0. The van der Waals surface area contributed by atoms with Crippen molar-refractivity contribution in [2.45, 2.75) is 39.7 Å². The minimum absolute atomic E-state index is 0.00390. The Labute approximate surface area is 118 Å². The van der Waals surface area contributed by atoms with E-state index in [-0.39, 0.29) is 6.61 Å². The first-order chi connectivity index (χ1) is 9.58. The van der Waals surface area contributed by atoms with Gasteiger partial charge in [0, 0.05) is 18.1 Å². The molecule has 0 fully saturated rings. The van der Waals surface area contributed by atoms with E-state index in [4.69, 9.17) is 0 Å². The second kappa shape index (κ2) is 6.09. The smallest absolute Gasteiger partial charge is 0.337 e. The third-order valence-corrected chi connectivity index (χ3v) is 3.57. The lowest BCUT2D eigenvalue weighted by Crippen LogP contribution is -2.05. The van der Waals surface area contributed by atoms with Gasteiger partial charge in [-0.05, 0) is 43.0 Å². The summed E-state index contributed by atoms with van der Waals surface area (Å²) < 4.78 is 1.86. The summed E-state index contributed by atoms with van der Waals surface area (Å²) in [5, 5.41) is 19.6. The molecule has 1 heterocycles. The molecule has 0 saturated carbocycles. The van der Waals surface area contributed by atoms with Crippen LogP contribution in [0.3, 0.4) is 0 Å². The summed E-state index contributed by atoms with van der Waals surface area (Å²) in [7, 11) is 0. The van der Waals surface area contributed by atoms with E-state index < -0.39 is 5.97 Å². The Morgan fingerprint density at radius 1 is 1.35 bits per heavy atom. The average Bonchev–Trinajstić information content (AvgIpc) is 2.74. The molecular formula is C16H21NO3. The highest BCUT2D eigenvalue weighted by atomic mass is 16.4. The molecule has 4 heteroatoms. The van der Waals surface area contributed by atoms with E-state index in [2.05, 4.69) is 6.92 Å². The number of rotatable bonds is 6. The molecule has 2 N–H and O–H groups in total. The van der Waals surface area contributed by atoms with E-state index in [1.165, 1.54) is 5.56 Å². The Hall–Kier alpha value is -1.81. The van der Waals surface area contributed by atoms with Gasteiger partial charge in [0.25, 0.3) is 0 Å². The summed E-state index contributed by atoms with van der Waals surface area (Å²) in [5.74, 6) is -0.918. The van der Waals surface area contributed by atoms with Crippen molar-refractivity contribution in [3.05, 3.63) is 35.0 Å². The minimum Gasteiger partial charge on any atom is -0.478 e. The molecule has 0 saturated heterocycles. The van der Waals surface area contributed by atoms with Crippen LogP contribution in [0.5, 0.6) is 0 Å². The fraction of sp³-hybridized carbons (Fsp3) is 0.438. The first-order valence-corrected chi connectivity index (χ1v) is 7.05. The second-order valence-corrected chi connectivity index (χ2v) is 5.19. The number of aromatic carboxylic acids is 1. The molecule has 2 rings (SSSR count). The highest BCUT2D eigenvalue weighted by Gasteiger charge is 2.16. The maximum absolute atomic E-state index is 11.5. The van der Waals surface area contributed by atoms with Gasteiger partial charge >= 0.3 is 5.97 Å². The third kappa shape index (κ3) is 2.70. The van der Waals surface area contributed by atoms with Crippen LogP contribution in [0.2, 0.25) is 0 Å². The molecule has 108 valence electrons. The van der Waals surface area contributed by atoms with Gasteiger partial charge in [0.2, 0.25) is 0 Å². The molecule has 1 aromatic carbocycles. The van der Waals surface area contributed by atoms with Crippen LogP contribution < -0.4 is 0 Å². The predicted molar refractivity (Wildman–Crippen MR) is 79.3 cm³/mol. The number of unbranched alkanes of at least 4 members (excludes halogenated alkanes) is 1. The number of aliphatic hydroxyl groups excluding tert-OH is 1. The van der Waals surface area contributed by atoms with Crippen molar-refractivity contribution < 1.29 is 15.0 Å². The van der Waals surface area contributed by atoms with Crippen LogP contribution in [0, 0.1) is 6.92 Å². The SMILES string of the molecule is CCCCc1cn(CCO)c2c(C(=O)O)cc(C)cc12. The van der Waals surface area contributed by atoms with Gasteiger partial charge in [-0.15, -0.1) is 0 Å². The molecule has 0 aliphatic carbocycles. The average molecular weight is 275 g/mol. The Balaban J connectivity index is 2.68. The summed E-state index contributed by atoms with van der Waals surface area (Å²) in [5.41, 5.74) is 3.16. The van der Waals surface area contributed by atoms with E-state index >= 15 is 0 Å². The molecule has 0 bridgehead atoms. The van der Waals surface area contributed by atoms with E-state index in [0.29, 0.717) is 12.1 Å². The van der Waals surface area contributed by atoms with Crippen molar-refractivity contribution in [2.75, 3.05) is 6.61 Å². The van der Waals surface area contributed by atoms with E-state index in [1.807, 2.05) is 23.8 Å². The number of fused-ring (bicyclic) bond motifs is 1. The molecular weight excluding hydrogens is 254 g/mol. The molecule has 0 aliphatic heterocycles. The highest BCUT2D eigenvalue weighted by Crippen LogP contribution is 2.28. The van der Waals surface area contributed by atoms with Gasteiger partial charge < -0.3 is 14.8 Å². The quantitative estimate of drug-likeness (QED) is 0.852. The zero-order chi connectivity index (χ0) is 14.7. The summed E-state index contributed by atoms with van der Waals surface area (Å²) in [6.45, 7) is 4.48. The highest BCUT2D eigenvalue weighted by molar-refractivity contribution is 6.03. The Bertz CT molecular complexity index is 628. The molecule has 0 atom stereocenters. The number of hydrogen-bond donors (Lipinski definition) is 2. The van der Waals surface area contributed by atoms with Crippen molar-refractivity contribution in [1.29, 1.82) is 0 Å². The van der Waals surface area contributed by atoms with Gasteiger partial charge in [0.1, 0.15) is 0 Å². The fourth-order valence-corrected chi connectivity index (χ4v) is 2.67. The largest absolute Gasteiger partial charge is 0.478 e. The van der Waals surface area contributed by atoms with Gasteiger partial charge in [-0.2, -0.15) is 0 Å². The maximum atomic E-state index is 11.5. The molecule has 0 aliphatic rings. The van der Waals surface area contributed by atoms with Gasteiger partial charge in [-0.25, -0.2) is 4.79 Å². The normalized spacial score (nSPS) is 11.2. The van der Waals surface area contributed by atoms with E-state index in [9.17, 15) is 15.0 Å². The first kappa shape index (κ1) is 14.6. The number of aryl methyl sites for hydroxylation is 2. The minimum atomic E-state index is -0.918. The van der Waals surface area contributed by atoms with Crippen LogP contribution in [0.4, 0.5) is 0 Å². The van der Waals surface area contributed by atoms with Gasteiger partial charge in [-0.3, -0.25) is 0 Å². The monoisotopic (exact) mass is 275 g/mol. The van der Waals surface area contributed by atoms with Gasteiger partial charge in [-0.1, -0.05) is 13.3 Å². The molecule has 0 unspecified atom stereocenters. The Morgan fingerprint density at radius 2 is 2.10 bits per heavy atom. The maximum Gasteiger partial charge on any atom is 0.337 e. The number of nitrogens with zero attached hydrogens (tertiary/aromatic N) is 1. The Kier molecular flexibility index (Phi) is 4.45. The summed E-state index contributed by atoms with van der Waals surface area (Å²) in [4.78, 5) is 11.5. The van der Waals surface area contributed by atoms with Crippen molar-refractivity contribution in [2.24, 2.45) is 0 Å². The fourth-order valence-electron chi connectivity index (χ4n) is 2.67.